The molecule has 0 saturated carbocycles. The quantitative estimate of drug-likeness (QED) is 0.518. The molecule has 8 nitrogen and oxygen atoms in total. The van der Waals surface area contributed by atoms with Gasteiger partial charge in [0.05, 0.1) is 24.8 Å². The maximum atomic E-state index is 5.52. The van der Waals surface area contributed by atoms with Crippen molar-refractivity contribution < 1.29 is 9.47 Å². The van der Waals surface area contributed by atoms with Gasteiger partial charge in [-0.25, -0.2) is 4.57 Å². The molecule has 2 heterocycles. The Morgan fingerprint density at radius 3 is 2.52 bits per heavy atom. The first-order valence-corrected chi connectivity index (χ1v) is 9.23. The molecule has 2 aromatic carbocycles. The van der Waals surface area contributed by atoms with Crippen LogP contribution in [0.15, 0.2) is 48.5 Å². The first-order valence-electron chi connectivity index (χ1n) is 9.23. The molecule has 0 radical (unpaired) electrons. The lowest BCUT2D eigenvalue weighted by Crippen LogP contribution is -2.11. The van der Waals surface area contributed by atoms with E-state index in [4.69, 9.17) is 9.47 Å². The van der Waals surface area contributed by atoms with Gasteiger partial charge in [-0.2, -0.15) is 19.9 Å². The van der Waals surface area contributed by atoms with E-state index in [9.17, 15) is 0 Å². The largest absolute Gasteiger partial charge is 0.468 e. The van der Waals surface area contributed by atoms with Crippen LogP contribution in [0.4, 0.5) is 5.95 Å². The molecule has 0 spiro atoms. The Kier molecular flexibility index (Phi) is 5.35. The standard InChI is InChI=1S/C21H22N6O2/c1-14-23-19(22-12-15-8-5-4-6-9-15)26-20(24-14)27-17-11-7-10-16(13-28-2)18(17)25-21(27)29-3/h4-11H,12-13H2,1-3H3,(H,22,23,24,26). The van der Waals surface area contributed by atoms with Crippen LogP contribution in [0.1, 0.15) is 17.0 Å². The van der Waals surface area contributed by atoms with E-state index < -0.39 is 0 Å². The van der Waals surface area contributed by atoms with Gasteiger partial charge < -0.3 is 14.8 Å². The van der Waals surface area contributed by atoms with Crippen LogP contribution in [0.2, 0.25) is 0 Å². The molecule has 0 unspecified atom stereocenters. The zero-order chi connectivity index (χ0) is 20.2. The predicted octanol–water partition coefficient (Wildman–Crippen LogP) is 3.29. The monoisotopic (exact) mass is 390 g/mol. The minimum atomic E-state index is 0.406. The molecule has 0 aliphatic heterocycles. The molecular formula is C21H22N6O2. The van der Waals surface area contributed by atoms with Crippen molar-refractivity contribution in [2.45, 2.75) is 20.1 Å². The number of nitrogens with zero attached hydrogens (tertiary/aromatic N) is 5. The minimum absolute atomic E-state index is 0.406. The van der Waals surface area contributed by atoms with Crippen LogP contribution in [0.3, 0.4) is 0 Å². The van der Waals surface area contributed by atoms with Crippen molar-refractivity contribution in [2.75, 3.05) is 19.5 Å². The number of imidazole rings is 1. The topological polar surface area (TPSA) is 87.0 Å². The number of para-hydroxylation sites is 1. The Bertz CT molecular complexity index is 1130. The summed E-state index contributed by atoms with van der Waals surface area (Å²) < 4.78 is 12.6. The van der Waals surface area contributed by atoms with Crippen molar-refractivity contribution in [1.82, 2.24) is 24.5 Å². The summed E-state index contributed by atoms with van der Waals surface area (Å²) in [7, 11) is 3.24. The summed E-state index contributed by atoms with van der Waals surface area (Å²) in [5.74, 6) is 1.54. The third-order valence-electron chi connectivity index (χ3n) is 4.45. The summed E-state index contributed by atoms with van der Waals surface area (Å²) in [5.41, 5.74) is 3.75. The summed E-state index contributed by atoms with van der Waals surface area (Å²) in [6, 6.07) is 16.4. The molecule has 4 aromatic rings. The summed E-state index contributed by atoms with van der Waals surface area (Å²) in [6.07, 6.45) is 0. The van der Waals surface area contributed by atoms with E-state index in [-0.39, 0.29) is 0 Å². The van der Waals surface area contributed by atoms with E-state index in [1.165, 1.54) is 0 Å². The Morgan fingerprint density at radius 2 is 1.76 bits per heavy atom. The second-order valence-corrected chi connectivity index (χ2v) is 6.50. The molecule has 1 N–H and O–H groups in total. The average Bonchev–Trinajstić information content (AvgIpc) is 3.13. The van der Waals surface area contributed by atoms with Crippen molar-refractivity contribution >= 4 is 17.0 Å². The summed E-state index contributed by atoms with van der Waals surface area (Å²) in [5, 5.41) is 3.26. The van der Waals surface area contributed by atoms with Gasteiger partial charge >= 0.3 is 6.01 Å². The summed E-state index contributed by atoms with van der Waals surface area (Å²) >= 11 is 0. The fourth-order valence-corrected chi connectivity index (χ4v) is 3.16. The third kappa shape index (κ3) is 3.88. The van der Waals surface area contributed by atoms with E-state index >= 15 is 0 Å². The fraction of sp³-hybridized carbons (Fsp3) is 0.238. The fourth-order valence-electron chi connectivity index (χ4n) is 3.16. The van der Waals surface area contributed by atoms with Gasteiger partial charge in [0.15, 0.2) is 0 Å². The van der Waals surface area contributed by atoms with Crippen molar-refractivity contribution in [3.05, 3.63) is 65.5 Å². The molecule has 29 heavy (non-hydrogen) atoms. The molecule has 0 aliphatic rings. The van der Waals surface area contributed by atoms with Crippen LogP contribution in [-0.2, 0) is 17.9 Å². The Hall–Kier alpha value is -3.52. The van der Waals surface area contributed by atoms with Crippen molar-refractivity contribution in [2.24, 2.45) is 0 Å². The summed E-state index contributed by atoms with van der Waals surface area (Å²) in [6.45, 7) is 2.90. The molecule has 4 rings (SSSR count). The van der Waals surface area contributed by atoms with Gasteiger partial charge in [-0.15, -0.1) is 0 Å². The van der Waals surface area contributed by atoms with Gasteiger partial charge in [-0.05, 0) is 18.6 Å². The van der Waals surface area contributed by atoms with Crippen LogP contribution in [0, 0.1) is 6.92 Å². The number of rotatable bonds is 7. The predicted molar refractivity (Wildman–Crippen MR) is 110 cm³/mol. The maximum Gasteiger partial charge on any atom is 0.304 e. The summed E-state index contributed by atoms with van der Waals surface area (Å²) in [4.78, 5) is 18.2. The van der Waals surface area contributed by atoms with Crippen LogP contribution in [-0.4, -0.2) is 38.7 Å². The highest BCUT2D eigenvalue weighted by Gasteiger charge is 2.18. The second kappa shape index (κ2) is 8.24. The first-order chi connectivity index (χ1) is 14.2. The van der Waals surface area contributed by atoms with Gasteiger partial charge in [0.2, 0.25) is 11.9 Å². The van der Waals surface area contributed by atoms with Crippen molar-refractivity contribution in [3.8, 4) is 12.0 Å². The normalized spacial score (nSPS) is 11.0. The molecule has 0 saturated heterocycles. The molecule has 0 bridgehead atoms. The minimum Gasteiger partial charge on any atom is -0.468 e. The number of fused-ring (bicyclic) bond motifs is 1. The SMILES string of the molecule is COCc1cccc2c1nc(OC)n2-c1nc(C)nc(NCc2ccccc2)n1. The number of hydrogen-bond donors (Lipinski definition) is 1. The number of aromatic nitrogens is 5. The Balaban J connectivity index is 1.75. The van der Waals surface area contributed by atoms with E-state index in [2.05, 4.69) is 25.3 Å². The van der Waals surface area contributed by atoms with E-state index in [1.54, 1.807) is 18.8 Å². The van der Waals surface area contributed by atoms with Crippen LogP contribution >= 0.6 is 0 Å². The lowest BCUT2D eigenvalue weighted by Gasteiger charge is -2.10. The van der Waals surface area contributed by atoms with Crippen LogP contribution in [0.25, 0.3) is 17.0 Å². The highest BCUT2D eigenvalue weighted by molar-refractivity contribution is 5.81. The van der Waals surface area contributed by atoms with E-state index in [1.807, 2.05) is 55.5 Å². The van der Waals surface area contributed by atoms with Gasteiger partial charge in [0.25, 0.3) is 0 Å². The highest BCUT2D eigenvalue weighted by atomic mass is 16.5. The van der Waals surface area contributed by atoms with E-state index in [0.29, 0.717) is 36.9 Å². The van der Waals surface area contributed by atoms with Crippen molar-refractivity contribution in [1.29, 1.82) is 0 Å². The molecule has 0 atom stereocenters. The van der Waals surface area contributed by atoms with Gasteiger partial charge in [0, 0.05) is 19.2 Å². The van der Waals surface area contributed by atoms with Crippen LogP contribution in [0.5, 0.6) is 6.01 Å². The Labute approximate surface area is 168 Å². The molecule has 0 aliphatic carbocycles. The first kappa shape index (κ1) is 18.8. The number of benzene rings is 2. The lowest BCUT2D eigenvalue weighted by atomic mass is 10.2. The number of aryl methyl sites for hydroxylation is 1. The second-order valence-electron chi connectivity index (χ2n) is 6.50. The van der Waals surface area contributed by atoms with Gasteiger partial charge in [-0.3, -0.25) is 0 Å². The Morgan fingerprint density at radius 1 is 0.931 bits per heavy atom. The smallest absolute Gasteiger partial charge is 0.304 e. The molecule has 8 heteroatoms. The molecule has 0 amide bonds. The number of nitrogens with one attached hydrogen (secondary N) is 1. The molecular weight excluding hydrogens is 368 g/mol. The molecule has 148 valence electrons. The van der Waals surface area contributed by atoms with Crippen LogP contribution < -0.4 is 10.1 Å². The lowest BCUT2D eigenvalue weighted by molar-refractivity contribution is 0.186. The number of anilines is 1. The maximum absolute atomic E-state index is 5.52. The zero-order valence-corrected chi connectivity index (χ0v) is 16.6. The third-order valence-corrected chi connectivity index (χ3v) is 4.45. The van der Waals surface area contributed by atoms with Gasteiger partial charge in [0.1, 0.15) is 5.82 Å². The average molecular weight is 390 g/mol. The number of hydrogen-bond acceptors (Lipinski definition) is 7. The van der Waals surface area contributed by atoms with E-state index in [0.717, 1.165) is 22.2 Å². The number of methoxy groups -OCH3 is 2. The van der Waals surface area contributed by atoms with Gasteiger partial charge in [-0.1, -0.05) is 42.5 Å². The highest BCUT2D eigenvalue weighted by Crippen LogP contribution is 2.27. The molecule has 0 fully saturated rings. The van der Waals surface area contributed by atoms with Crippen molar-refractivity contribution in [3.63, 3.8) is 0 Å². The number of ether oxygens (including phenoxy) is 2. The zero-order valence-electron chi connectivity index (χ0n) is 16.6. The molecule has 2 aromatic heterocycles.